The van der Waals surface area contributed by atoms with E-state index in [9.17, 15) is 0 Å². The molecule has 0 spiro atoms. The van der Waals surface area contributed by atoms with Crippen LogP contribution in [0.15, 0.2) is 35.5 Å². The largest absolute Gasteiger partial charge is 0.301 e. The number of hydrogen-bond acceptors (Lipinski definition) is 4. The highest BCUT2D eigenvalue weighted by molar-refractivity contribution is 8.00. The molecule has 1 heterocycles. The molecule has 1 aliphatic rings. The van der Waals surface area contributed by atoms with Crippen LogP contribution < -0.4 is 0 Å². The molecule has 4 nitrogen and oxygen atoms in total. The maximum absolute atomic E-state index is 8.98. The first-order chi connectivity index (χ1) is 9.78. The Labute approximate surface area is 122 Å². The van der Waals surface area contributed by atoms with E-state index >= 15 is 0 Å². The van der Waals surface area contributed by atoms with Crippen LogP contribution in [0.4, 0.5) is 0 Å². The molecule has 5 heteroatoms. The number of thioether (sulfide) groups is 1. The Balaban J connectivity index is 1.89. The summed E-state index contributed by atoms with van der Waals surface area (Å²) >= 11 is 1.48. The second-order valence-electron chi connectivity index (χ2n) is 5.08. The lowest BCUT2D eigenvalue weighted by atomic mass is 10.2. The van der Waals surface area contributed by atoms with Crippen molar-refractivity contribution < 1.29 is 0 Å². The van der Waals surface area contributed by atoms with Crippen LogP contribution in [-0.2, 0) is 6.54 Å². The van der Waals surface area contributed by atoms with E-state index in [0.29, 0.717) is 5.92 Å². The number of hydrogen-bond donors (Lipinski definition) is 0. The maximum atomic E-state index is 8.98. The van der Waals surface area contributed by atoms with Crippen LogP contribution in [0.1, 0.15) is 37.1 Å². The molecule has 1 atom stereocenters. The molecule has 0 saturated heterocycles. The molecule has 20 heavy (non-hydrogen) atoms. The van der Waals surface area contributed by atoms with Crippen molar-refractivity contribution >= 4 is 11.8 Å². The SMILES string of the molecule is C[C@H](C#N)Sc1nnc(C2CC2)n1Cc1ccccc1. The van der Waals surface area contributed by atoms with Gasteiger partial charge in [0, 0.05) is 5.92 Å². The minimum absolute atomic E-state index is 0.110. The van der Waals surface area contributed by atoms with E-state index in [4.69, 9.17) is 5.26 Å². The standard InChI is InChI=1S/C15H16N4S/c1-11(9-16)20-15-18-17-14(13-7-8-13)19(15)10-12-5-3-2-4-6-12/h2-6,11,13H,7-8,10H2,1H3/t11-/m1/s1. The molecule has 2 aromatic rings. The zero-order chi connectivity index (χ0) is 13.9. The van der Waals surface area contributed by atoms with Gasteiger partial charge in [-0.05, 0) is 25.3 Å². The van der Waals surface area contributed by atoms with Gasteiger partial charge in [-0.25, -0.2) is 0 Å². The third kappa shape index (κ3) is 2.86. The molecule has 0 aliphatic heterocycles. The van der Waals surface area contributed by atoms with Gasteiger partial charge in [0.1, 0.15) is 5.82 Å². The molecule has 3 rings (SSSR count). The number of aromatic nitrogens is 3. The predicted molar refractivity (Wildman–Crippen MR) is 78.5 cm³/mol. The minimum Gasteiger partial charge on any atom is -0.301 e. The summed E-state index contributed by atoms with van der Waals surface area (Å²) in [4.78, 5) is 0. The fraction of sp³-hybridized carbons (Fsp3) is 0.400. The maximum Gasteiger partial charge on any atom is 0.192 e. The Morgan fingerprint density at radius 1 is 1.35 bits per heavy atom. The van der Waals surface area contributed by atoms with Crippen LogP contribution >= 0.6 is 11.8 Å². The fourth-order valence-corrected chi connectivity index (χ4v) is 2.87. The zero-order valence-electron chi connectivity index (χ0n) is 11.4. The van der Waals surface area contributed by atoms with E-state index in [1.165, 1.54) is 30.2 Å². The Morgan fingerprint density at radius 3 is 2.75 bits per heavy atom. The monoisotopic (exact) mass is 284 g/mol. The van der Waals surface area contributed by atoms with Crippen molar-refractivity contribution in [2.45, 2.75) is 42.6 Å². The van der Waals surface area contributed by atoms with Crippen LogP contribution in [-0.4, -0.2) is 20.0 Å². The Hall–Kier alpha value is -1.80. The molecule has 1 saturated carbocycles. The minimum atomic E-state index is -0.110. The number of nitrogens with zero attached hydrogens (tertiary/aromatic N) is 4. The topological polar surface area (TPSA) is 54.5 Å². The Kier molecular flexibility index (Phi) is 3.75. The van der Waals surface area contributed by atoms with Crippen molar-refractivity contribution in [3.05, 3.63) is 41.7 Å². The predicted octanol–water partition coefficient (Wildman–Crippen LogP) is 3.21. The van der Waals surface area contributed by atoms with E-state index in [0.717, 1.165) is 17.5 Å². The van der Waals surface area contributed by atoms with Crippen molar-refractivity contribution in [1.82, 2.24) is 14.8 Å². The Bertz CT molecular complexity index is 625. The van der Waals surface area contributed by atoms with Crippen LogP contribution in [0.2, 0.25) is 0 Å². The third-order valence-corrected chi connectivity index (χ3v) is 4.31. The van der Waals surface area contributed by atoms with Gasteiger partial charge in [-0.1, -0.05) is 42.1 Å². The van der Waals surface area contributed by atoms with Crippen molar-refractivity contribution in [3.63, 3.8) is 0 Å². The lowest BCUT2D eigenvalue weighted by molar-refractivity contribution is 0.667. The summed E-state index contributed by atoms with van der Waals surface area (Å²) < 4.78 is 2.17. The summed E-state index contributed by atoms with van der Waals surface area (Å²) in [7, 11) is 0. The molecule has 102 valence electrons. The van der Waals surface area contributed by atoms with Crippen LogP contribution in [0.25, 0.3) is 0 Å². The highest BCUT2D eigenvalue weighted by atomic mass is 32.2. The summed E-state index contributed by atoms with van der Waals surface area (Å²) in [5.41, 5.74) is 1.24. The second-order valence-corrected chi connectivity index (χ2v) is 6.38. The van der Waals surface area contributed by atoms with Crippen molar-refractivity contribution in [2.75, 3.05) is 0 Å². The summed E-state index contributed by atoms with van der Waals surface area (Å²) in [5.74, 6) is 1.62. The van der Waals surface area contributed by atoms with Gasteiger partial charge in [0.25, 0.3) is 0 Å². The number of nitriles is 1. The van der Waals surface area contributed by atoms with E-state index in [1.807, 2.05) is 25.1 Å². The molecule has 0 amide bonds. The molecular formula is C15H16N4S. The molecule has 0 bridgehead atoms. The van der Waals surface area contributed by atoms with Gasteiger partial charge >= 0.3 is 0 Å². The van der Waals surface area contributed by atoms with Crippen molar-refractivity contribution in [2.24, 2.45) is 0 Å². The molecule has 0 unspecified atom stereocenters. The smallest absolute Gasteiger partial charge is 0.192 e. The summed E-state index contributed by atoms with van der Waals surface area (Å²) in [6.07, 6.45) is 2.40. The molecular weight excluding hydrogens is 268 g/mol. The first kappa shape index (κ1) is 13.2. The van der Waals surface area contributed by atoms with E-state index < -0.39 is 0 Å². The van der Waals surface area contributed by atoms with Gasteiger partial charge in [-0.2, -0.15) is 5.26 Å². The van der Waals surface area contributed by atoms with Gasteiger partial charge in [0.15, 0.2) is 5.16 Å². The number of rotatable bonds is 5. The quantitative estimate of drug-likeness (QED) is 0.791. The summed E-state index contributed by atoms with van der Waals surface area (Å²) in [5, 5.41) is 18.3. The molecule has 1 fully saturated rings. The van der Waals surface area contributed by atoms with Gasteiger partial charge < -0.3 is 4.57 Å². The van der Waals surface area contributed by atoms with Gasteiger partial charge in [0.2, 0.25) is 0 Å². The summed E-state index contributed by atoms with van der Waals surface area (Å²) in [6.45, 7) is 2.67. The average molecular weight is 284 g/mol. The molecule has 1 aromatic carbocycles. The molecule has 1 aromatic heterocycles. The Morgan fingerprint density at radius 2 is 2.10 bits per heavy atom. The second kappa shape index (κ2) is 5.68. The van der Waals surface area contributed by atoms with Gasteiger partial charge in [-0.15, -0.1) is 10.2 Å². The molecule has 1 aliphatic carbocycles. The third-order valence-electron chi connectivity index (χ3n) is 3.34. The van der Waals surface area contributed by atoms with Crippen LogP contribution in [0, 0.1) is 11.3 Å². The molecule has 0 radical (unpaired) electrons. The number of benzene rings is 1. The lowest BCUT2D eigenvalue weighted by Gasteiger charge is -2.10. The van der Waals surface area contributed by atoms with Crippen molar-refractivity contribution in [3.8, 4) is 6.07 Å². The highest BCUT2D eigenvalue weighted by Crippen LogP contribution is 2.40. The fourth-order valence-electron chi connectivity index (χ4n) is 2.13. The van der Waals surface area contributed by atoms with Crippen molar-refractivity contribution in [1.29, 1.82) is 5.26 Å². The zero-order valence-corrected chi connectivity index (χ0v) is 12.2. The van der Waals surface area contributed by atoms with Gasteiger partial charge in [-0.3, -0.25) is 0 Å². The van der Waals surface area contributed by atoms with E-state index in [1.54, 1.807) is 0 Å². The molecule has 0 N–H and O–H groups in total. The first-order valence-corrected chi connectivity index (χ1v) is 7.69. The van der Waals surface area contributed by atoms with Crippen LogP contribution in [0.5, 0.6) is 0 Å². The first-order valence-electron chi connectivity index (χ1n) is 6.81. The van der Waals surface area contributed by atoms with Crippen LogP contribution in [0.3, 0.4) is 0 Å². The van der Waals surface area contributed by atoms with E-state index in [2.05, 4.69) is 33.0 Å². The van der Waals surface area contributed by atoms with E-state index in [-0.39, 0.29) is 5.25 Å². The highest BCUT2D eigenvalue weighted by Gasteiger charge is 2.30. The van der Waals surface area contributed by atoms with Gasteiger partial charge in [0.05, 0.1) is 17.9 Å². The average Bonchev–Trinajstić information content (AvgIpc) is 3.25. The summed E-state index contributed by atoms with van der Waals surface area (Å²) in [6, 6.07) is 12.6. The normalized spacial score (nSPS) is 15.8. The lowest BCUT2D eigenvalue weighted by Crippen LogP contribution is -2.07.